The second-order valence-electron chi connectivity index (χ2n) is 5.64. The highest BCUT2D eigenvalue weighted by Crippen LogP contribution is 2.46. The SMILES string of the molecule is CC1OC1(C)C(C)(C)OCC(CO)(CO)CO. The molecule has 1 rings (SSSR count). The standard InChI is InChI=1S/C12H24O5/c1-9-11(4,17-9)10(2,3)16-8-12(5-13,6-14)7-15/h9,13-15H,5-8H2,1-4H3. The number of aliphatic hydroxyl groups excluding tert-OH is 3. The molecule has 1 aliphatic heterocycles. The predicted molar refractivity (Wildman–Crippen MR) is 62.7 cm³/mol. The molecule has 0 spiro atoms. The third kappa shape index (κ3) is 2.63. The Hall–Kier alpha value is -0.200. The monoisotopic (exact) mass is 248 g/mol. The summed E-state index contributed by atoms with van der Waals surface area (Å²) >= 11 is 0. The van der Waals surface area contributed by atoms with Crippen LogP contribution in [-0.4, -0.2) is 59.1 Å². The van der Waals surface area contributed by atoms with Crippen LogP contribution in [0.25, 0.3) is 0 Å². The minimum Gasteiger partial charge on any atom is -0.396 e. The third-order valence-corrected chi connectivity index (χ3v) is 4.08. The molecule has 3 N–H and O–H groups in total. The van der Waals surface area contributed by atoms with Gasteiger partial charge in [0, 0.05) is 0 Å². The highest BCUT2D eigenvalue weighted by molar-refractivity contribution is 5.08. The van der Waals surface area contributed by atoms with Crippen LogP contribution in [0.2, 0.25) is 0 Å². The van der Waals surface area contributed by atoms with Crippen LogP contribution in [0.3, 0.4) is 0 Å². The molecule has 1 heterocycles. The average molecular weight is 248 g/mol. The van der Waals surface area contributed by atoms with Crippen molar-refractivity contribution in [2.45, 2.75) is 45.0 Å². The summed E-state index contributed by atoms with van der Waals surface area (Å²) in [7, 11) is 0. The van der Waals surface area contributed by atoms with Gasteiger partial charge in [0.15, 0.2) is 0 Å². The summed E-state index contributed by atoms with van der Waals surface area (Å²) in [6.07, 6.45) is 0.129. The first-order valence-corrected chi connectivity index (χ1v) is 5.91. The Kier molecular flexibility index (Phi) is 4.21. The van der Waals surface area contributed by atoms with Gasteiger partial charge in [-0.05, 0) is 27.7 Å². The number of ether oxygens (including phenoxy) is 2. The second-order valence-corrected chi connectivity index (χ2v) is 5.64. The Balaban J connectivity index is 2.60. The number of hydrogen-bond donors (Lipinski definition) is 3. The summed E-state index contributed by atoms with van der Waals surface area (Å²) in [6, 6.07) is 0. The van der Waals surface area contributed by atoms with Crippen molar-refractivity contribution in [1.29, 1.82) is 0 Å². The van der Waals surface area contributed by atoms with E-state index in [9.17, 15) is 15.3 Å². The van der Waals surface area contributed by atoms with Crippen molar-refractivity contribution in [1.82, 2.24) is 0 Å². The molecule has 1 fully saturated rings. The summed E-state index contributed by atoms with van der Waals surface area (Å²) in [6.45, 7) is 6.91. The highest BCUT2D eigenvalue weighted by atomic mass is 16.6. The first-order chi connectivity index (χ1) is 7.77. The summed E-state index contributed by atoms with van der Waals surface area (Å²) in [5.41, 5.74) is -1.87. The van der Waals surface area contributed by atoms with Gasteiger partial charge < -0.3 is 24.8 Å². The van der Waals surface area contributed by atoms with E-state index in [0.29, 0.717) is 0 Å². The molecule has 0 aromatic carbocycles. The molecule has 17 heavy (non-hydrogen) atoms. The molecule has 102 valence electrons. The minimum absolute atomic E-state index is 0.0924. The van der Waals surface area contributed by atoms with Crippen LogP contribution in [-0.2, 0) is 9.47 Å². The zero-order valence-corrected chi connectivity index (χ0v) is 11.1. The zero-order valence-electron chi connectivity index (χ0n) is 11.1. The van der Waals surface area contributed by atoms with Crippen molar-refractivity contribution in [3.05, 3.63) is 0 Å². The normalized spacial score (nSPS) is 29.5. The maximum atomic E-state index is 9.21. The fourth-order valence-electron chi connectivity index (χ4n) is 1.73. The van der Waals surface area contributed by atoms with Crippen LogP contribution in [0.1, 0.15) is 27.7 Å². The fourth-order valence-corrected chi connectivity index (χ4v) is 1.73. The van der Waals surface area contributed by atoms with Gasteiger partial charge in [0.05, 0.1) is 43.5 Å². The van der Waals surface area contributed by atoms with E-state index in [1.807, 2.05) is 27.7 Å². The number of aliphatic hydroxyl groups is 3. The van der Waals surface area contributed by atoms with E-state index in [1.165, 1.54) is 0 Å². The van der Waals surface area contributed by atoms with E-state index in [-0.39, 0.29) is 38.1 Å². The first-order valence-electron chi connectivity index (χ1n) is 5.91. The van der Waals surface area contributed by atoms with Crippen molar-refractivity contribution in [2.24, 2.45) is 5.41 Å². The molecule has 0 aromatic rings. The molecule has 5 nitrogen and oxygen atoms in total. The van der Waals surface area contributed by atoms with Crippen molar-refractivity contribution >= 4 is 0 Å². The molecular weight excluding hydrogens is 224 g/mol. The predicted octanol–water partition coefficient (Wildman–Crippen LogP) is -0.0777. The van der Waals surface area contributed by atoms with Crippen molar-refractivity contribution in [3.8, 4) is 0 Å². The first kappa shape index (κ1) is 14.9. The molecule has 2 unspecified atom stereocenters. The van der Waals surface area contributed by atoms with Crippen LogP contribution in [0.15, 0.2) is 0 Å². The van der Waals surface area contributed by atoms with E-state index in [0.717, 1.165) is 0 Å². The van der Waals surface area contributed by atoms with Gasteiger partial charge in [-0.1, -0.05) is 0 Å². The van der Waals surface area contributed by atoms with Crippen molar-refractivity contribution < 1.29 is 24.8 Å². The van der Waals surface area contributed by atoms with Gasteiger partial charge in [-0.2, -0.15) is 0 Å². The number of epoxide rings is 1. The lowest BCUT2D eigenvalue weighted by Crippen LogP contribution is -2.47. The molecule has 0 amide bonds. The van der Waals surface area contributed by atoms with Gasteiger partial charge in [0.2, 0.25) is 0 Å². The Morgan fingerprint density at radius 2 is 1.59 bits per heavy atom. The maximum Gasteiger partial charge on any atom is 0.120 e. The van der Waals surface area contributed by atoms with Gasteiger partial charge in [-0.3, -0.25) is 0 Å². The van der Waals surface area contributed by atoms with E-state index >= 15 is 0 Å². The largest absolute Gasteiger partial charge is 0.396 e. The second kappa shape index (κ2) is 4.82. The Morgan fingerprint density at radius 1 is 1.18 bits per heavy atom. The van der Waals surface area contributed by atoms with Crippen LogP contribution >= 0.6 is 0 Å². The van der Waals surface area contributed by atoms with Crippen molar-refractivity contribution in [2.75, 3.05) is 26.4 Å². The summed E-state index contributed by atoms with van der Waals surface area (Å²) in [4.78, 5) is 0. The minimum atomic E-state index is -0.994. The van der Waals surface area contributed by atoms with Crippen LogP contribution in [0.5, 0.6) is 0 Å². The Labute approximate surface area is 102 Å². The number of hydrogen-bond acceptors (Lipinski definition) is 5. The fraction of sp³-hybridized carbons (Fsp3) is 1.00. The Bertz CT molecular complexity index is 253. The van der Waals surface area contributed by atoms with E-state index in [1.54, 1.807) is 0 Å². The number of rotatable bonds is 7. The van der Waals surface area contributed by atoms with Crippen molar-refractivity contribution in [3.63, 3.8) is 0 Å². The molecular formula is C12H24O5. The molecule has 0 aromatic heterocycles. The lowest BCUT2D eigenvalue weighted by Gasteiger charge is -2.35. The molecule has 2 atom stereocenters. The van der Waals surface area contributed by atoms with Gasteiger partial charge in [-0.25, -0.2) is 0 Å². The summed E-state index contributed by atoms with van der Waals surface area (Å²) < 4.78 is 11.3. The molecule has 1 saturated heterocycles. The molecule has 0 radical (unpaired) electrons. The smallest absolute Gasteiger partial charge is 0.120 e. The van der Waals surface area contributed by atoms with E-state index in [2.05, 4.69) is 0 Å². The third-order valence-electron chi connectivity index (χ3n) is 4.08. The zero-order chi connectivity index (χ0) is 13.3. The van der Waals surface area contributed by atoms with Crippen LogP contribution in [0, 0.1) is 5.41 Å². The van der Waals surface area contributed by atoms with Gasteiger partial charge in [0.25, 0.3) is 0 Å². The van der Waals surface area contributed by atoms with Crippen LogP contribution < -0.4 is 0 Å². The van der Waals surface area contributed by atoms with E-state index in [4.69, 9.17) is 9.47 Å². The van der Waals surface area contributed by atoms with E-state index < -0.39 is 11.0 Å². The molecule has 5 heteroatoms. The average Bonchev–Trinajstić information content (AvgIpc) is 2.92. The molecule has 0 saturated carbocycles. The quantitative estimate of drug-likeness (QED) is 0.549. The Morgan fingerprint density at radius 3 is 1.88 bits per heavy atom. The summed E-state index contributed by atoms with van der Waals surface area (Å²) in [5.74, 6) is 0. The highest BCUT2D eigenvalue weighted by Gasteiger charge is 2.60. The molecule has 1 aliphatic rings. The lowest BCUT2D eigenvalue weighted by molar-refractivity contribution is -0.132. The molecule has 0 aliphatic carbocycles. The topological polar surface area (TPSA) is 82.5 Å². The van der Waals surface area contributed by atoms with Gasteiger partial charge in [-0.15, -0.1) is 0 Å². The molecule has 0 bridgehead atoms. The van der Waals surface area contributed by atoms with Gasteiger partial charge in [0.1, 0.15) is 5.60 Å². The van der Waals surface area contributed by atoms with Gasteiger partial charge >= 0.3 is 0 Å². The van der Waals surface area contributed by atoms with Crippen LogP contribution in [0.4, 0.5) is 0 Å². The lowest BCUT2D eigenvalue weighted by atomic mass is 9.88. The summed E-state index contributed by atoms with van der Waals surface area (Å²) in [5, 5.41) is 27.6. The maximum absolute atomic E-state index is 9.21.